The van der Waals surface area contributed by atoms with Crippen molar-refractivity contribution < 1.29 is 0 Å². The first-order valence-electron chi connectivity index (χ1n) is 5.35. The standard InChI is InChI=1S/2C8H9/c2*1-7-3-5-8(2)6-4-7/h2*3-6H,1H2,2H3. The van der Waals surface area contributed by atoms with Crippen LogP contribution < -0.4 is 0 Å². The van der Waals surface area contributed by atoms with Crippen molar-refractivity contribution in [3.8, 4) is 0 Å². The van der Waals surface area contributed by atoms with Gasteiger partial charge in [0.05, 0.1) is 0 Å². The van der Waals surface area contributed by atoms with Gasteiger partial charge in [-0.3, -0.25) is 0 Å². The lowest BCUT2D eigenvalue weighted by molar-refractivity contribution is 1.45. The minimum absolute atomic E-state index is 1.08. The predicted octanol–water partition coefficient (Wildman–Crippen LogP) is 4.35. The van der Waals surface area contributed by atoms with E-state index in [2.05, 4.69) is 52.0 Å². The fraction of sp³-hybridized carbons (Fsp3) is 0.125. The molecule has 0 saturated carbocycles. The number of hydrogen-bond donors (Lipinski definition) is 0. The Balaban J connectivity index is 0.000000160. The zero-order valence-electron chi connectivity index (χ0n) is 10.0. The monoisotopic (exact) mass is 210 g/mol. The van der Waals surface area contributed by atoms with Gasteiger partial charge in [0.2, 0.25) is 0 Å². The van der Waals surface area contributed by atoms with Crippen LogP contribution in [0.3, 0.4) is 0 Å². The molecule has 0 aliphatic rings. The first-order valence-corrected chi connectivity index (χ1v) is 5.35. The Morgan fingerprint density at radius 1 is 0.562 bits per heavy atom. The van der Waals surface area contributed by atoms with Gasteiger partial charge in [0.25, 0.3) is 0 Å². The molecule has 82 valence electrons. The minimum Gasteiger partial charge on any atom is -0.0591 e. The number of rotatable bonds is 0. The molecule has 0 aliphatic heterocycles. The highest BCUT2D eigenvalue weighted by Crippen LogP contribution is 2.00. The SMILES string of the molecule is [CH2]c1ccc(C)cc1.[CH2]c1ccc(C)cc1. The lowest BCUT2D eigenvalue weighted by Crippen LogP contribution is -1.70. The molecule has 2 aromatic rings. The van der Waals surface area contributed by atoms with Crippen LogP contribution in [0.25, 0.3) is 0 Å². The molecule has 0 heterocycles. The Morgan fingerprint density at radius 2 is 0.812 bits per heavy atom. The Bertz CT molecular complexity index is 321. The highest BCUT2D eigenvalue weighted by Gasteiger charge is 1.80. The van der Waals surface area contributed by atoms with E-state index >= 15 is 0 Å². The van der Waals surface area contributed by atoms with Gasteiger partial charge in [-0.05, 0) is 38.8 Å². The van der Waals surface area contributed by atoms with Crippen molar-refractivity contribution in [1.29, 1.82) is 0 Å². The smallest absolute Gasteiger partial charge is 0.0238 e. The molecule has 0 spiro atoms. The van der Waals surface area contributed by atoms with E-state index < -0.39 is 0 Å². The van der Waals surface area contributed by atoms with Gasteiger partial charge in [0, 0.05) is 0 Å². The van der Waals surface area contributed by atoms with Crippen molar-refractivity contribution in [2.24, 2.45) is 0 Å². The molecule has 0 saturated heterocycles. The highest BCUT2D eigenvalue weighted by molar-refractivity contribution is 5.23. The van der Waals surface area contributed by atoms with Crippen LogP contribution in [0, 0.1) is 27.7 Å². The summed E-state index contributed by atoms with van der Waals surface area (Å²) in [6.45, 7) is 11.7. The second-order valence-corrected chi connectivity index (χ2v) is 3.97. The van der Waals surface area contributed by atoms with Gasteiger partial charge in [-0.2, -0.15) is 0 Å². The summed E-state index contributed by atoms with van der Waals surface area (Å²) in [4.78, 5) is 0. The fourth-order valence-corrected chi connectivity index (χ4v) is 1.18. The summed E-state index contributed by atoms with van der Waals surface area (Å²) in [7, 11) is 0. The number of hydrogen-bond acceptors (Lipinski definition) is 0. The van der Waals surface area contributed by atoms with E-state index in [1.807, 2.05) is 24.3 Å². The Labute approximate surface area is 99.0 Å². The van der Waals surface area contributed by atoms with E-state index in [4.69, 9.17) is 0 Å². The van der Waals surface area contributed by atoms with E-state index in [9.17, 15) is 0 Å². The zero-order valence-corrected chi connectivity index (χ0v) is 10.0. The van der Waals surface area contributed by atoms with Crippen LogP contribution in [0.15, 0.2) is 48.5 Å². The predicted molar refractivity (Wildman–Crippen MR) is 71.3 cm³/mol. The molecule has 0 N–H and O–H groups in total. The third-order valence-electron chi connectivity index (χ3n) is 2.24. The molecule has 0 fully saturated rings. The third kappa shape index (κ3) is 4.79. The van der Waals surface area contributed by atoms with Crippen molar-refractivity contribution in [3.05, 3.63) is 84.6 Å². The molecule has 0 unspecified atom stereocenters. The van der Waals surface area contributed by atoms with Crippen LogP contribution in [0.4, 0.5) is 0 Å². The summed E-state index contributed by atoms with van der Waals surface area (Å²) in [5.41, 5.74) is 4.74. The summed E-state index contributed by atoms with van der Waals surface area (Å²) in [5, 5.41) is 0. The summed E-state index contributed by atoms with van der Waals surface area (Å²) in [6.07, 6.45) is 0. The van der Waals surface area contributed by atoms with Gasteiger partial charge in [-0.15, -0.1) is 0 Å². The van der Waals surface area contributed by atoms with Gasteiger partial charge in [-0.25, -0.2) is 0 Å². The molecular formula is C16H18. The van der Waals surface area contributed by atoms with Crippen LogP contribution in [0.2, 0.25) is 0 Å². The average Bonchev–Trinajstić information content (AvgIpc) is 2.28. The lowest BCUT2D eigenvalue weighted by atomic mass is 10.2. The van der Waals surface area contributed by atoms with Crippen LogP contribution in [-0.2, 0) is 0 Å². The third-order valence-corrected chi connectivity index (χ3v) is 2.24. The van der Waals surface area contributed by atoms with Crippen LogP contribution in [0.5, 0.6) is 0 Å². The van der Waals surface area contributed by atoms with Crippen LogP contribution in [0.1, 0.15) is 22.3 Å². The molecule has 0 aliphatic carbocycles. The highest BCUT2D eigenvalue weighted by atomic mass is 13.9. The van der Waals surface area contributed by atoms with Gasteiger partial charge in [0.15, 0.2) is 0 Å². The van der Waals surface area contributed by atoms with Crippen molar-refractivity contribution in [3.63, 3.8) is 0 Å². The molecule has 0 aromatic heterocycles. The molecule has 2 aromatic carbocycles. The van der Waals surface area contributed by atoms with Crippen LogP contribution >= 0.6 is 0 Å². The van der Waals surface area contributed by atoms with Crippen molar-refractivity contribution in [1.82, 2.24) is 0 Å². The summed E-state index contributed by atoms with van der Waals surface area (Å²) < 4.78 is 0. The molecule has 0 nitrogen and oxygen atoms in total. The largest absolute Gasteiger partial charge is 0.0591 e. The van der Waals surface area contributed by atoms with E-state index in [1.54, 1.807) is 0 Å². The summed E-state index contributed by atoms with van der Waals surface area (Å²) in [5.74, 6) is 0. The van der Waals surface area contributed by atoms with E-state index in [0.29, 0.717) is 0 Å². The molecule has 2 radical (unpaired) electrons. The van der Waals surface area contributed by atoms with Crippen molar-refractivity contribution >= 4 is 0 Å². The van der Waals surface area contributed by atoms with E-state index in [0.717, 1.165) is 11.1 Å². The number of aryl methyl sites for hydroxylation is 2. The second-order valence-electron chi connectivity index (χ2n) is 3.97. The maximum absolute atomic E-state index is 3.76. The van der Waals surface area contributed by atoms with E-state index in [1.165, 1.54) is 11.1 Å². The Morgan fingerprint density at radius 3 is 1.00 bits per heavy atom. The molecule has 16 heavy (non-hydrogen) atoms. The molecule has 0 bridgehead atoms. The lowest BCUT2D eigenvalue weighted by Gasteiger charge is -1.89. The maximum Gasteiger partial charge on any atom is -0.0238 e. The summed E-state index contributed by atoms with van der Waals surface area (Å²) in [6, 6.07) is 16.3. The maximum atomic E-state index is 3.76. The molecule has 0 amide bonds. The normalized spacial score (nSPS) is 9.25. The molecular weight excluding hydrogens is 192 g/mol. The van der Waals surface area contributed by atoms with Crippen molar-refractivity contribution in [2.75, 3.05) is 0 Å². The zero-order chi connectivity index (χ0) is 12.0. The van der Waals surface area contributed by atoms with Gasteiger partial charge in [-0.1, -0.05) is 59.7 Å². The topological polar surface area (TPSA) is 0 Å². The number of benzene rings is 2. The molecule has 0 heteroatoms. The molecule has 2 rings (SSSR count). The van der Waals surface area contributed by atoms with Gasteiger partial charge < -0.3 is 0 Å². The quantitative estimate of drug-likeness (QED) is 0.606. The van der Waals surface area contributed by atoms with Crippen LogP contribution in [-0.4, -0.2) is 0 Å². The fourth-order valence-electron chi connectivity index (χ4n) is 1.18. The van der Waals surface area contributed by atoms with Gasteiger partial charge in [0.1, 0.15) is 0 Å². The van der Waals surface area contributed by atoms with Gasteiger partial charge >= 0.3 is 0 Å². The first kappa shape index (κ1) is 12.5. The second kappa shape index (κ2) is 6.12. The first-order chi connectivity index (χ1) is 7.58. The average molecular weight is 210 g/mol. The molecule has 0 atom stereocenters. The van der Waals surface area contributed by atoms with E-state index in [-0.39, 0.29) is 0 Å². The minimum atomic E-state index is 1.08. The summed E-state index contributed by atoms with van der Waals surface area (Å²) >= 11 is 0. The van der Waals surface area contributed by atoms with Crippen molar-refractivity contribution in [2.45, 2.75) is 13.8 Å². The Hall–Kier alpha value is -1.56. The Kier molecular flexibility index (Phi) is 4.78.